The van der Waals surface area contributed by atoms with Crippen LogP contribution in [0.4, 0.5) is 0 Å². The van der Waals surface area contributed by atoms with E-state index in [4.69, 9.17) is 45.4 Å². The number of aryl methyl sites for hydroxylation is 3. The summed E-state index contributed by atoms with van der Waals surface area (Å²) in [6.45, 7) is 4.03. The van der Waals surface area contributed by atoms with Crippen LogP contribution in [0, 0.1) is 13.8 Å². The molecule has 0 aliphatic heterocycles. The Morgan fingerprint density at radius 3 is 1.92 bits per heavy atom. The fourth-order valence-corrected chi connectivity index (χ4v) is 2.93. The van der Waals surface area contributed by atoms with Crippen molar-refractivity contribution in [3.8, 4) is 11.5 Å². The number of hydrogen-bond donors (Lipinski definition) is 2. The highest BCUT2D eigenvalue weighted by Crippen LogP contribution is 2.27. The molecule has 0 saturated carbocycles. The Bertz CT molecular complexity index is 756. The summed E-state index contributed by atoms with van der Waals surface area (Å²) >= 11 is 9.74. The molecule has 0 fully saturated rings. The van der Waals surface area contributed by atoms with E-state index in [1.165, 1.54) is 0 Å². The first kappa shape index (κ1) is 21.9. The van der Waals surface area contributed by atoms with Crippen molar-refractivity contribution in [2.24, 2.45) is 11.5 Å². The van der Waals surface area contributed by atoms with Gasteiger partial charge >= 0.3 is 0 Å². The molecule has 0 atom stereocenters. The van der Waals surface area contributed by atoms with Crippen LogP contribution in [-0.4, -0.2) is 24.2 Å². The quantitative estimate of drug-likeness (QED) is 0.730. The highest BCUT2D eigenvalue weighted by Gasteiger charge is 2.04. The van der Waals surface area contributed by atoms with Crippen molar-refractivity contribution in [3.63, 3.8) is 0 Å². The maximum Gasteiger partial charge on any atom is 0.160 e. The molecule has 0 aliphatic rings. The van der Waals surface area contributed by atoms with Gasteiger partial charge in [-0.25, -0.2) is 0 Å². The average molecular weight is 391 g/mol. The fraction of sp³-hybridized carbons (Fsp3) is 0.300. The lowest BCUT2D eigenvalue weighted by atomic mass is 10.0. The van der Waals surface area contributed by atoms with E-state index >= 15 is 0 Å². The van der Waals surface area contributed by atoms with Crippen LogP contribution in [0.25, 0.3) is 0 Å². The molecule has 0 heterocycles. The number of methoxy groups -OCH3 is 2. The molecule has 0 saturated heterocycles. The van der Waals surface area contributed by atoms with E-state index in [-0.39, 0.29) is 0 Å². The van der Waals surface area contributed by atoms with Gasteiger partial charge in [-0.1, -0.05) is 48.7 Å². The lowest BCUT2D eigenvalue weighted by molar-refractivity contribution is 0.354. The van der Waals surface area contributed by atoms with Crippen molar-refractivity contribution < 1.29 is 9.47 Å². The van der Waals surface area contributed by atoms with Gasteiger partial charge in [0.25, 0.3) is 0 Å². The Labute approximate surface area is 166 Å². The summed E-state index contributed by atoms with van der Waals surface area (Å²) in [5, 5.41) is 0. The largest absolute Gasteiger partial charge is 0.493 e. The Hall–Kier alpha value is -2.18. The second-order valence-corrected chi connectivity index (χ2v) is 6.75. The fourth-order valence-electron chi connectivity index (χ4n) is 2.51. The second-order valence-electron chi connectivity index (χ2n) is 5.79. The van der Waals surface area contributed by atoms with Crippen molar-refractivity contribution in [3.05, 3.63) is 58.7 Å². The van der Waals surface area contributed by atoms with Gasteiger partial charge in [0.1, 0.15) is 4.99 Å². The van der Waals surface area contributed by atoms with Crippen molar-refractivity contribution in [1.29, 1.82) is 0 Å². The highest BCUT2D eigenvalue weighted by atomic mass is 32.1. The van der Waals surface area contributed by atoms with Gasteiger partial charge in [-0.15, -0.1) is 0 Å². The number of rotatable bonds is 6. The van der Waals surface area contributed by atoms with Gasteiger partial charge in [-0.3, -0.25) is 0 Å². The Kier molecular flexibility index (Phi) is 9.02. The lowest BCUT2D eigenvalue weighted by Gasteiger charge is -2.09. The van der Waals surface area contributed by atoms with E-state index < -0.39 is 0 Å². The van der Waals surface area contributed by atoms with Crippen LogP contribution in [0.15, 0.2) is 36.4 Å². The predicted molar refractivity (Wildman–Crippen MR) is 116 cm³/mol. The normalized spacial score (nSPS) is 9.69. The summed E-state index contributed by atoms with van der Waals surface area (Å²) in [5.41, 5.74) is 15.4. The van der Waals surface area contributed by atoms with Crippen LogP contribution in [-0.2, 0) is 6.42 Å². The minimum absolute atomic E-state index is 0.487. The number of nitrogens with two attached hydrogens (primary N) is 2. The summed E-state index contributed by atoms with van der Waals surface area (Å²) in [6, 6.07) is 11.8. The molecule has 0 radical (unpaired) electrons. The summed E-state index contributed by atoms with van der Waals surface area (Å²) in [5.74, 6) is 1.47. The minimum atomic E-state index is 0.487. The van der Waals surface area contributed by atoms with Gasteiger partial charge in [0.15, 0.2) is 11.5 Å². The molecule has 0 amide bonds. The highest BCUT2D eigenvalue weighted by molar-refractivity contribution is 7.80. The van der Waals surface area contributed by atoms with Crippen LogP contribution in [0.2, 0.25) is 0 Å². The molecule has 0 unspecified atom stereocenters. The second kappa shape index (κ2) is 10.7. The van der Waals surface area contributed by atoms with Crippen LogP contribution in [0.3, 0.4) is 0 Å². The molecule has 140 valence electrons. The van der Waals surface area contributed by atoms with Crippen LogP contribution < -0.4 is 20.9 Å². The van der Waals surface area contributed by atoms with Gasteiger partial charge in [0.05, 0.1) is 19.2 Å². The Morgan fingerprint density at radius 2 is 1.50 bits per heavy atom. The van der Waals surface area contributed by atoms with Gasteiger partial charge in [0, 0.05) is 12.0 Å². The minimum Gasteiger partial charge on any atom is -0.493 e. The van der Waals surface area contributed by atoms with Crippen molar-refractivity contribution in [2.75, 3.05) is 14.2 Å². The molecular formula is C20H26N2O2S2. The first-order valence-electron chi connectivity index (χ1n) is 8.15. The molecule has 6 heteroatoms. The lowest BCUT2D eigenvalue weighted by Crippen LogP contribution is -2.12. The smallest absolute Gasteiger partial charge is 0.160 e. The molecule has 26 heavy (non-hydrogen) atoms. The van der Waals surface area contributed by atoms with E-state index in [0.29, 0.717) is 16.4 Å². The summed E-state index contributed by atoms with van der Waals surface area (Å²) in [6.07, 6.45) is 1.54. The maximum absolute atomic E-state index is 5.55. The average Bonchev–Trinajstić information content (AvgIpc) is 2.59. The van der Waals surface area contributed by atoms with E-state index in [2.05, 4.69) is 0 Å². The molecule has 0 spiro atoms. The first-order chi connectivity index (χ1) is 12.3. The molecular weight excluding hydrogens is 364 g/mol. The van der Waals surface area contributed by atoms with Crippen LogP contribution in [0.5, 0.6) is 11.5 Å². The van der Waals surface area contributed by atoms with Gasteiger partial charge in [-0.2, -0.15) is 0 Å². The summed E-state index contributed by atoms with van der Waals surface area (Å²) < 4.78 is 10.3. The third-order valence-electron chi connectivity index (χ3n) is 3.84. The third kappa shape index (κ3) is 6.61. The number of hydrogen-bond acceptors (Lipinski definition) is 4. The van der Waals surface area contributed by atoms with Crippen molar-refractivity contribution >= 4 is 34.4 Å². The molecule has 4 N–H and O–H groups in total. The standard InChI is InChI=1S/C11H15NO2S.C9H11NS/c1-13-9-5-3-8(4-6-11(12)15)7-10(9)14-2;1-6-4-3-5-7(2)8(6)9(10)11/h3,5,7H,4,6H2,1-2H3,(H2,12,15);3-5H,1-2H3,(H2,10,11). The van der Waals surface area contributed by atoms with E-state index in [0.717, 1.165) is 40.2 Å². The van der Waals surface area contributed by atoms with Crippen molar-refractivity contribution in [2.45, 2.75) is 26.7 Å². The van der Waals surface area contributed by atoms with Crippen molar-refractivity contribution in [1.82, 2.24) is 0 Å². The van der Waals surface area contributed by atoms with E-state index in [1.807, 2.05) is 50.2 Å². The van der Waals surface area contributed by atoms with E-state index in [9.17, 15) is 0 Å². The van der Waals surface area contributed by atoms with Gasteiger partial charge in [-0.05, 0) is 49.1 Å². The number of thiocarbonyl (C=S) groups is 2. The third-order valence-corrected chi connectivity index (χ3v) is 4.24. The monoisotopic (exact) mass is 390 g/mol. The van der Waals surface area contributed by atoms with Gasteiger partial charge in [0.2, 0.25) is 0 Å². The molecule has 4 nitrogen and oxygen atoms in total. The summed E-state index contributed by atoms with van der Waals surface area (Å²) in [4.78, 5) is 1.02. The topological polar surface area (TPSA) is 70.5 Å². The molecule has 2 aromatic rings. The predicted octanol–water partition coefficient (Wildman–Crippen LogP) is 3.86. The maximum atomic E-state index is 5.55. The first-order valence-corrected chi connectivity index (χ1v) is 8.97. The molecule has 0 aliphatic carbocycles. The SMILES string of the molecule is COc1ccc(CCC(N)=S)cc1OC.Cc1cccc(C)c1C(N)=S. The van der Waals surface area contributed by atoms with Crippen LogP contribution in [0.1, 0.15) is 28.7 Å². The Morgan fingerprint density at radius 1 is 0.923 bits per heavy atom. The molecule has 2 rings (SSSR count). The number of ether oxygens (including phenoxy) is 2. The Balaban J connectivity index is 0.000000273. The molecule has 0 bridgehead atoms. The zero-order valence-electron chi connectivity index (χ0n) is 15.7. The zero-order valence-corrected chi connectivity index (χ0v) is 17.3. The molecule has 2 aromatic carbocycles. The van der Waals surface area contributed by atoms with Crippen LogP contribution >= 0.6 is 24.4 Å². The molecule has 0 aromatic heterocycles. The summed E-state index contributed by atoms with van der Waals surface area (Å²) in [7, 11) is 3.24. The number of benzene rings is 2. The van der Waals surface area contributed by atoms with E-state index in [1.54, 1.807) is 14.2 Å². The zero-order chi connectivity index (χ0) is 19.7. The van der Waals surface area contributed by atoms with Gasteiger partial charge < -0.3 is 20.9 Å².